The van der Waals surface area contributed by atoms with Crippen LogP contribution in [0.4, 0.5) is 0 Å². The van der Waals surface area contributed by atoms with Crippen LogP contribution in [0.5, 0.6) is 0 Å². The summed E-state index contributed by atoms with van der Waals surface area (Å²) < 4.78 is 11.0. The maximum Gasteiger partial charge on any atom is 0.226 e. The Morgan fingerprint density at radius 2 is 2.09 bits per heavy atom. The number of hydrogen-bond donors (Lipinski definition) is 1. The summed E-state index contributed by atoms with van der Waals surface area (Å²) in [5, 5.41) is 7.80. The highest BCUT2D eigenvalue weighted by Gasteiger charge is 2.13. The minimum absolute atomic E-state index is 0.0436. The number of unbranched alkanes of at least 4 members (excludes halogenated alkanes) is 1. The number of benzene rings is 1. The van der Waals surface area contributed by atoms with Crippen molar-refractivity contribution in [2.75, 3.05) is 6.54 Å². The molecule has 2 aromatic heterocycles. The first kappa shape index (κ1) is 14.4. The predicted molar refractivity (Wildman–Crippen MR) is 83.3 cm³/mol. The minimum atomic E-state index is -0.0436. The van der Waals surface area contributed by atoms with Crippen molar-refractivity contribution in [2.24, 2.45) is 0 Å². The second-order valence-electron chi connectivity index (χ2n) is 5.21. The number of furan rings is 1. The molecule has 0 bridgehead atoms. The average molecular weight is 298 g/mol. The Morgan fingerprint density at radius 1 is 1.23 bits per heavy atom. The fourth-order valence-electron chi connectivity index (χ4n) is 2.25. The Labute approximate surface area is 128 Å². The molecule has 3 aromatic rings. The van der Waals surface area contributed by atoms with Gasteiger partial charge in [0.15, 0.2) is 5.76 Å². The van der Waals surface area contributed by atoms with Gasteiger partial charge >= 0.3 is 0 Å². The number of amides is 1. The molecule has 22 heavy (non-hydrogen) atoms. The normalized spacial score (nSPS) is 11.0. The molecule has 0 atom stereocenters. The number of nitrogens with one attached hydrogen (secondary N) is 1. The van der Waals surface area contributed by atoms with Crippen molar-refractivity contribution in [3.8, 4) is 11.5 Å². The summed E-state index contributed by atoms with van der Waals surface area (Å²) in [6, 6.07) is 11.4. The molecule has 1 aromatic carbocycles. The van der Waals surface area contributed by atoms with E-state index in [2.05, 4.69) is 17.4 Å². The number of rotatable bonds is 6. The van der Waals surface area contributed by atoms with E-state index < -0.39 is 0 Å². The Kier molecular flexibility index (Phi) is 4.23. The van der Waals surface area contributed by atoms with E-state index in [0.29, 0.717) is 23.8 Å². The van der Waals surface area contributed by atoms with Gasteiger partial charge in [0.2, 0.25) is 11.7 Å². The molecule has 0 aliphatic rings. The number of carbonyl (C=O) groups is 1. The highest BCUT2D eigenvalue weighted by molar-refractivity contribution is 5.82. The Bertz CT molecular complexity index is 740. The SMILES string of the molecule is CCCCNC(=O)Cc1cc(-c2cc3ccccc3o2)on1. The summed E-state index contributed by atoms with van der Waals surface area (Å²) in [5.41, 5.74) is 1.40. The van der Waals surface area contributed by atoms with Gasteiger partial charge in [-0.2, -0.15) is 0 Å². The molecule has 1 N–H and O–H groups in total. The van der Waals surface area contributed by atoms with Gasteiger partial charge in [-0.15, -0.1) is 0 Å². The minimum Gasteiger partial charge on any atom is -0.453 e. The highest BCUT2D eigenvalue weighted by atomic mass is 16.5. The van der Waals surface area contributed by atoms with Crippen LogP contribution in [0.15, 0.2) is 45.3 Å². The Balaban J connectivity index is 1.69. The van der Waals surface area contributed by atoms with Gasteiger partial charge in [-0.25, -0.2) is 0 Å². The molecule has 1 amide bonds. The van der Waals surface area contributed by atoms with Crippen molar-refractivity contribution in [1.82, 2.24) is 10.5 Å². The fraction of sp³-hybridized carbons (Fsp3) is 0.294. The number of aromatic nitrogens is 1. The summed E-state index contributed by atoms with van der Waals surface area (Å²) in [6.45, 7) is 2.78. The van der Waals surface area contributed by atoms with Gasteiger partial charge in [0.1, 0.15) is 5.58 Å². The second-order valence-corrected chi connectivity index (χ2v) is 5.21. The summed E-state index contributed by atoms with van der Waals surface area (Å²) in [7, 11) is 0. The molecule has 5 heteroatoms. The quantitative estimate of drug-likeness (QED) is 0.707. The zero-order valence-electron chi connectivity index (χ0n) is 12.5. The lowest BCUT2D eigenvalue weighted by Gasteiger charge is -2.01. The van der Waals surface area contributed by atoms with Gasteiger partial charge < -0.3 is 14.3 Å². The molecular weight excluding hydrogens is 280 g/mol. The lowest BCUT2D eigenvalue weighted by atomic mass is 10.2. The summed E-state index contributed by atoms with van der Waals surface area (Å²) in [5.74, 6) is 1.11. The molecule has 0 saturated carbocycles. The van der Waals surface area contributed by atoms with Gasteiger partial charge in [0.05, 0.1) is 12.1 Å². The molecule has 0 aliphatic carbocycles. The summed E-state index contributed by atoms with van der Waals surface area (Å²) >= 11 is 0. The standard InChI is InChI=1S/C17H18N2O3/c1-2-3-8-18-17(20)11-13-10-16(22-19-13)15-9-12-6-4-5-7-14(12)21-15/h4-7,9-10H,2-3,8,11H2,1H3,(H,18,20). The Morgan fingerprint density at radius 3 is 2.91 bits per heavy atom. The van der Waals surface area contributed by atoms with Crippen LogP contribution in [0, 0.1) is 0 Å². The van der Waals surface area contributed by atoms with Crippen molar-refractivity contribution in [2.45, 2.75) is 26.2 Å². The smallest absolute Gasteiger partial charge is 0.226 e. The first-order valence-corrected chi connectivity index (χ1v) is 7.47. The van der Waals surface area contributed by atoms with Crippen molar-refractivity contribution in [1.29, 1.82) is 0 Å². The first-order chi connectivity index (χ1) is 10.8. The zero-order chi connectivity index (χ0) is 15.4. The van der Waals surface area contributed by atoms with Crippen molar-refractivity contribution in [3.63, 3.8) is 0 Å². The molecule has 0 aliphatic heterocycles. The molecule has 2 heterocycles. The zero-order valence-corrected chi connectivity index (χ0v) is 12.5. The van der Waals surface area contributed by atoms with Gasteiger partial charge in [0, 0.05) is 18.0 Å². The third-order valence-electron chi connectivity index (χ3n) is 3.42. The van der Waals surface area contributed by atoms with Crippen LogP contribution < -0.4 is 5.32 Å². The molecule has 3 rings (SSSR count). The van der Waals surface area contributed by atoms with Crippen LogP contribution in [-0.2, 0) is 11.2 Å². The van der Waals surface area contributed by atoms with E-state index in [4.69, 9.17) is 8.94 Å². The average Bonchev–Trinajstić information content (AvgIpc) is 3.13. The van der Waals surface area contributed by atoms with Gasteiger partial charge in [-0.1, -0.05) is 36.7 Å². The van der Waals surface area contributed by atoms with Crippen LogP contribution in [0.1, 0.15) is 25.5 Å². The molecular formula is C17H18N2O3. The lowest BCUT2D eigenvalue weighted by Crippen LogP contribution is -2.26. The molecule has 0 saturated heterocycles. The number of nitrogens with zero attached hydrogens (tertiary/aromatic N) is 1. The largest absolute Gasteiger partial charge is 0.453 e. The van der Waals surface area contributed by atoms with Gasteiger partial charge in [-0.3, -0.25) is 4.79 Å². The predicted octanol–water partition coefficient (Wildman–Crippen LogP) is 3.55. The van der Waals surface area contributed by atoms with E-state index in [0.717, 1.165) is 23.8 Å². The van der Waals surface area contributed by atoms with Crippen molar-refractivity contribution >= 4 is 16.9 Å². The number of para-hydroxylation sites is 1. The summed E-state index contributed by atoms with van der Waals surface area (Å²) in [4.78, 5) is 11.8. The topological polar surface area (TPSA) is 68.3 Å². The van der Waals surface area contributed by atoms with Crippen LogP contribution in [0.3, 0.4) is 0 Å². The molecule has 5 nitrogen and oxygen atoms in total. The Hall–Kier alpha value is -2.56. The van der Waals surface area contributed by atoms with E-state index in [1.54, 1.807) is 6.07 Å². The maximum atomic E-state index is 11.8. The van der Waals surface area contributed by atoms with Gasteiger partial charge in [0.25, 0.3) is 0 Å². The monoisotopic (exact) mass is 298 g/mol. The number of fused-ring (bicyclic) bond motifs is 1. The highest BCUT2D eigenvalue weighted by Crippen LogP contribution is 2.28. The van der Waals surface area contributed by atoms with Gasteiger partial charge in [-0.05, 0) is 18.6 Å². The molecule has 0 fully saturated rings. The van der Waals surface area contributed by atoms with Crippen LogP contribution in [-0.4, -0.2) is 17.6 Å². The van der Waals surface area contributed by atoms with E-state index in [1.807, 2.05) is 30.3 Å². The fourth-order valence-corrected chi connectivity index (χ4v) is 2.25. The van der Waals surface area contributed by atoms with E-state index in [1.165, 1.54) is 0 Å². The summed E-state index contributed by atoms with van der Waals surface area (Å²) in [6.07, 6.45) is 2.25. The maximum absolute atomic E-state index is 11.8. The van der Waals surface area contributed by atoms with E-state index in [9.17, 15) is 4.79 Å². The third-order valence-corrected chi connectivity index (χ3v) is 3.42. The van der Waals surface area contributed by atoms with Crippen LogP contribution in [0.25, 0.3) is 22.5 Å². The third kappa shape index (κ3) is 3.19. The molecule has 0 unspecified atom stereocenters. The molecule has 0 spiro atoms. The number of hydrogen-bond acceptors (Lipinski definition) is 4. The molecule has 0 radical (unpaired) electrons. The van der Waals surface area contributed by atoms with E-state index >= 15 is 0 Å². The van der Waals surface area contributed by atoms with Crippen molar-refractivity contribution < 1.29 is 13.7 Å². The van der Waals surface area contributed by atoms with Crippen molar-refractivity contribution in [3.05, 3.63) is 42.1 Å². The molecule has 114 valence electrons. The van der Waals surface area contributed by atoms with Crippen LogP contribution in [0.2, 0.25) is 0 Å². The van der Waals surface area contributed by atoms with Crippen LogP contribution >= 0.6 is 0 Å². The second kappa shape index (κ2) is 6.47. The number of carbonyl (C=O) groups excluding carboxylic acids is 1. The first-order valence-electron chi connectivity index (χ1n) is 7.47. The van der Waals surface area contributed by atoms with E-state index in [-0.39, 0.29) is 12.3 Å². The lowest BCUT2D eigenvalue weighted by molar-refractivity contribution is -0.120.